The Morgan fingerprint density at radius 2 is 2.15 bits per heavy atom. The van der Waals surface area contributed by atoms with Gasteiger partial charge in [-0.3, -0.25) is 4.79 Å². The molecule has 0 fully saturated rings. The second-order valence-corrected chi connectivity index (χ2v) is 4.72. The van der Waals surface area contributed by atoms with Crippen LogP contribution in [0.4, 0.5) is 0 Å². The molecule has 114 valence electrons. The normalized spacial score (nSPS) is 22.2. The van der Waals surface area contributed by atoms with Crippen LogP contribution in [0.1, 0.15) is 40.0 Å². The van der Waals surface area contributed by atoms with E-state index in [1.807, 2.05) is 0 Å². The zero-order valence-electron chi connectivity index (χ0n) is 12.5. The molecular formula is C14H23NO5. The number of rotatable bonds is 6. The lowest BCUT2D eigenvalue weighted by Gasteiger charge is -2.32. The van der Waals surface area contributed by atoms with Gasteiger partial charge < -0.3 is 19.5 Å². The molecule has 6 heteroatoms. The van der Waals surface area contributed by atoms with Crippen molar-refractivity contribution in [1.82, 2.24) is 5.32 Å². The van der Waals surface area contributed by atoms with E-state index in [2.05, 4.69) is 12.2 Å². The first kappa shape index (κ1) is 16.5. The molecule has 0 bridgehead atoms. The number of esters is 1. The molecule has 1 aliphatic heterocycles. The first-order valence-electron chi connectivity index (χ1n) is 6.84. The number of unbranched alkanes of at least 4 members (excludes halogenated alkanes) is 1. The molecular weight excluding hydrogens is 262 g/mol. The molecule has 0 saturated heterocycles. The molecule has 1 N–H and O–H groups in total. The van der Waals surface area contributed by atoms with Crippen molar-refractivity contribution in [2.75, 3.05) is 13.7 Å². The summed E-state index contributed by atoms with van der Waals surface area (Å²) in [6.07, 6.45) is 1.92. The van der Waals surface area contributed by atoms with Gasteiger partial charge in [0.2, 0.25) is 12.2 Å². The minimum Gasteiger partial charge on any atom is -0.469 e. The zero-order valence-corrected chi connectivity index (χ0v) is 12.5. The van der Waals surface area contributed by atoms with Gasteiger partial charge in [0.1, 0.15) is 5.76 Å². The molecule has 1 amide bonds. The average molecular weight is 285 g/mol. The first-order chi connectivity index (χ1) is 9.49. The molecule has 2 atom stereocenters. The number of amides is 1. The van der Waals surface area contributed by atoms with Crippen LogP contribution < -0.4 is 5.32 Å². The SMILES string of the molecule is CCCCO[C@H]1C[C@H](NC(C)=O)C(C(=O)OC)=C(C)O1. The lowest BCUT2D eigenvalue weighted by atomic mass is 9.99. The number of methoxy groups -OCH3 is 1. The molecule has 1 aliphatic rings. The lowest BCUT2D eigenvalue weighted by Crippen LogP contribution is -2.44. The van der Waals surface area contributed by atoms with Crippen LogP contribution in [0.3, 0.4) is 0 Å². The van der Waals surface area contributed by atoms with E-state index < -0.39 is 18.3 Å². The lowest BCUT2D eigenvalue weighted by molar-refractivity contribution is -0.146. The number of hydrogen-bond acceptors (Lipinski definition) is 5. The smallest absolute Gasteiger partial charge is 0.339 e. The highest BCUT2D eigenvalue weighted by Crippen LogP contribution is 2.26. The van der Waals surface area contributed by atoms with E-state index in [0.717, 1.165) is 12.8 Å². The summed E-state index contributed by atoms with van der Waals surface area (Å²) in [6.45, 7) is 5.75. The summed E-state index contributed by atoms with van der Waals surface area (Å²) in [6, 6.07) is -0.444. The highest BCUT2D eigenvalue weighted by atomic mass is 16.7. The van der Waals surface area contributed by atoms with Gasteiger partial charge in [-0.05, 0) is 13.3 Å². The maximum absolute atomic E-state index is 11.8. The van der Waals surface area contributed by atoms with Crippen molar-refractivity contribution in [1.29, 1.82) is 0 Å². The Balaban J connectivity index is 2.81. The van der Waals surface area contributed by atoms with Crippen LogP contribution in [0.15, 0.2) is 11.3 Å². The third-order valence-electron chi connectivity index (χ3n) is 3.05. The predicted molar refractivity (Wildman–Crippen MR) is 72.7 cm³/mol. The summed E-state index contributed by atoms with van der Waals surface area (Å²) in [7, 11) is 1.30. The molecule has 20 heavy (non-hydrogen) atoms. The predicted octanol–water partition coefficient (Wildman–Crippen LogP) is 1.50. The van der Waals surface area contributed by atoms with Crippen molar-refractivity contribution in [3.8, 4) is 0 Å². The van der Waals surface area contributed by atoms with Gasteiger partial charge in [-0.1, -0.05) is 13.3 Å². The molecule has 1 rings (SSSR count). The fourth-order valence-corrected chi connectivity index (χ4v) is 2.10. The average Bonchev–Trinajstić information content (AvgIpc) is 2.37. The standard InChI is InChI=1S/C14H23NO5/c1-5-6-7-19-12-8-11(15-10(3)16)13(9(2)20-12)14(17)18-4/h11-12H,5-8H2,1-4H3,(H,15,16)/t11-,12+/m0/s1. The third kappa shape index (κ3) is 4.52. The van der Waals surface area contributed by atoms with Crippen molar-refractivity contribution in [3.05, 3.63) is 11.3 Å². The van der Waals surface area contributed by atoms with Crippen molar-refractivity contribution >= 4 is 11.9 Å². The Kier molecular flexibility index (Phi) is 6.51. The fourth-order valence-electron chi connectivity index (χ4n) is 2.10. The van der Waals surface area contributed by atoms with Gasteiger partial charge in [0.15, 0.2) is 0 Å². The van der Waals surface area contributed by atoms with E-state index >= 15 is 0 Å². The van der Waals surface area contributed by atoms with Gasteiger partial charge >= 0.3 is 5.97 Å². The van der Waals surface area contributed by atoms with Crippen molar-refractivity contribution < 1.29 is 23.8 Å². The number of ether oxygens (including phenoxy) is 3. The van der Waals surface area contributed by atoms with Gasteiger partial charge in [-0.15, -0.1) is 0 Å². The van der Waals surface area contributed by atoms with Crippen LogP contribution in [-0.2, 0) is 23.8 Å². The molecule has 6 nitrogen and oxygen atoms in total. The summed E-state index contributed by atoms with van der Waals surface area (Å²) in [5.41, 5.74) is 0.345. The van der Waals surface area contributed by atoms with Crippen molar-refractivity contribution in [3.63, 3.8) is 0 Å². The van der Waals surface area contributed by atoms with E-state index in [4.69, 9.17) is 14.2 Å². The first-order valence-corrected chi connectivity index (χ1v) is 6.84. The van der Waals surface area contributed by atoms with Crippen LogP contribution >= 0.6 is 0 Å². The number of carbonyl (C=O) groups is 2. The van der Waals surface area contributed by atoms with E-state index in [1.54, 1.807) is 6.92 Å². The van der Waals surface area contributed by atoms with Crippen LogP contribution in [-0.4, -0.2) is 37.9 Å². The Morgan fingerprint density at radius 3 is 2.70 bits per heavy atom. The second-order valence-electron chi connectivity index (χ2n) is 4.72. The summed E-state index contributed by atoms with van der Waals surface area (Å²) in [5, 5.41) is 2.74. The van der Waals surface area contributed by atoms with E-state index in [9.17, 15) is 9.59 Å². The molecule has 0 aromatic carbocycles. The summed E-state index contributed by atoms with van der Waals surface area (Å²) < 4.78 is 15.9. The maximum Gasteiger partial charge on any atom is 0.339 e. The van der Waals surface area contributed by atoms with Crippen LogP contribution in [0.2, 0.25) is 0 Å². The fraction of sp³-hybridized carbons (Fsp3) is 0.714. The number of allylic oxidation sites excluding steroid dienone is 1. The Bertz CT molecular complexity index is 391. The molecule has 1 heterocycles. The highest BCUT2D eigenvalue weighted by molar-refractivity contribution is 5.91. The third-order valence-corrected chi connectivity index (χ3v) is 3.05. The molecule has 0 aliphatic carbocycles. The van der Waals surface area contributed by atoms with Gasteiger partial charge in [-0.25, -0.2) is 4.79 Å². The molecule has 0 aromatic heterocycles. The van der Waals surface area contributed by atoms with Crippen LogP contribution in [0, 0.1) is 0 Å². The van der Waals surface area contributed by atoms with Gasteiger partial charge in [-0.2, -0.15) is 0 Å². The quantitative estimate of drug-likeness (QED) is 0.591. The minimum absolute atomic E-state index is 0.210. The Labute approximate surface area is 119 Å². The molecule has 0 aromatic rings. The number of nitrogens with one attached hydrogen (secondary N) is 1. The van der Waals surface area contributed by atoms with E-state index in [-0.39, 0.29) is 5.91 Å². The topological polar surface area (TPSA) is 73.9 Å². The van der Waals surface area contributed by atoms with Crippen molar-refractivity contribution in [2.45, 2.75) is 52.4 Å². The Hall–Kier alpha value is -1.56. The summed E-state index contributed by atoms with van der Waals surface area (Å²) >= 11 is 0. The number of carbonyl (C=O) groups excluding carboxylic acids is 2. The van der Waals surface area contributed by atoms with Gasteiger partial charge in [0.25, 0.3) is 0 Å². The van der Waals surface area contributed by atoms with Crippen LogP contribution in [0.25, 0.3) is 0 Å². The minimum atomic E-state index is -0.492. The Morgan fingerprint density at radius 1 is 1.45 bits per heavy atom. The number of hydrogen-bond donors (Lipinski definition) is 1. The van der Waals surface area contributed by atoms with Gasteiger partial charge in [0.05, 0.1) is 25.3 Å². The highest BCUT2D eigenvalue weighted by Gasteiger charge is 2.34. The molecule has 0 spiro atoms. The molecule has 0 radical (unpaired) electrons. The van der Waals surface area contributed by atoms with Crippen LogP contribution in [0.5, 0.6) is 0 Å². The van der Waals surface area contributed by atoms with E-state index in [0.29, 0.717) is 24.4 Å². The van der Waals surface area contributed by atoms with E-state index in [1.165, 1.54) is 14.0 Å². The monoisotopic (exact) mass is 285 g/mol. The van der Waals surface area contributed by atoms with Gasteiger partial charge in [0, 0.05) is 13.3 Å². The summed E-state index contributed by atoms with van der Waals surface area (Å²) in [4.78, 5) is 23.1. The largest absolute Gasteiger partial charge is 0.469 e. The van der Waals surface area contributed by atoms with Crippen molar-refractivity contribution in [2.24, 2.45) is 0 Å². The maximum atomic E-state index is 11.8. The second kappa shape index (κ2) is 7.89. The molecule has 0 saturated carbocycles. The molecule has 0 unspecified atom stereocenters. The zero-order chi connectivity index (χ0) is 15.1. The summed E-state index contributed by atoms with van der Waals surface area (Å²) in [5.74, 6) is -0.269.